The number of rotatable bonds is 3. The summed E-state index contributed by atoms with van der Waals surface area (Å²) in [7, 11) is -0.410. The van der Waals surface area contributed by atoms with E-state index in [9.17, 15) is 0 Å². The molecule has 0 nitrogen and oxygen atoms in total. The lowest BCUT2D eigenvalue weighted by molar-refractivity contribution is 0.781. The Bertz CT molecular complexity index is 322. The van der Waals surface area contributed by atoms with Crippen LogP contribution in [0.5, 0.6) is 0 Å². The molecule has 0 aliphatic rings. The average Bonchev–Trinajstić information content (AvgIpc) is 2.18. The second-order valence-corrected chi connectivity index (χ2v) is 12.1. The summed E-state index contributed by atoms with van der Waals surface area (Å²) in [5, 5.41) is 0.660. The molecule has 18 heavy (non-hydrogen) atoms. The van der Waals surface area contributed by atoms with Crippen LogP contribution in [0.15, 0.2) is 0 Å². The summed E-state index contributed by atoms with van der Waals surface area (Å²) < 4.78 is 0. The summed E-state index contributed by atoms with van der Waals surface area (Å²) in [6.45, 7) is 17.8. The molecular weight excluding hydrogens is 254 g/mol. The third kappa shape index (κ3) is 6.79. The molecule has 0 fully saturated rings. The molecule has 0 radical (unpaired) electrons. The molecule has 2 unspecified atom stereocenters. The van der Waals surface area contributed by atoms with Crippen LogP contribution in [0.3, 0.4) is 0 Å². The lowest BCUT2D eigenvalue weighted by atomic mass is 10.3. The maximum atomic E-state index is 3.45. The van der Waals surface area contributed by atoms with Crippen molar-refractivity contribution in [3.05, 3.63) is 0 Å². The highest BCUT2D eigenvalue weighted by molar-refractivity contribution is 7.68. The smallest absolute Gasteiger partial charge is 0.00236 e. The van der Waals surface area contributed by atoms with Gasteiger partial charge in [-0.1, -0.05) is 52.9 Å². The minimum absolute atomic E-state index is 0.205. The molecule has 0 aromatic carbocycles. The molecule has 0 rings (SSSR count). The van der Waals surface area contributed by atoms with Crippen LogP contribution in [0.25, 0.3) is 0 Å². The fraction of sp³-hybridized carbons (Fsp3) is 0.750. The molecule has 0 amide bonds. The molecular formula is C16H28P2. The fourth-order valence-electron chi connectivity index (χ4n) is 1.59. The van der Waals surface area contributed by atoms with Gasteiger partial charge >= 0.3 is 0 Å². The second-order valence-electron chi connectivity index (χ2n) is 6.37. The van der Waals surface area contributed by atoms with Crippen molar-refractivity contribution >= 4 is 15.8 Å². The van der Waals surface area contributed by atoms with E-state index in [1.807, 2.05) is 13.8 Å². The molecule has 0 spiro atoms. The normalized spacial score (nSPS) is 14.9. The van der Waals surface area contributed by atoms with Crippen molar-refractivity contribution in [1.82, 2.24) is 0 Å². The van der Waals surface area contributed by atoms with E-state index in [4.69, 9.17) is 0 Å². The molecule has 2 heteroatoms. The van der Waals surface area contributed by atoms with Crippen LogP contribution in [0.1, 0.15) is 55.4 Å². The van der Waals surface area contributed by atoms with E-state index < -0.39 is 0 Å². The van der Waals surface area contributed by atoms with Gasteiger partial charge in [-0.15, -0.1) is 11.8 Å². The molecule has 2 atom stereocenters. The van der Waals surface area contributed by atoms with Crippen molar-refractivity contribution < 1.29 is 0 Å². The number of hydrogen-bond acceptors (Lipinski definition) is 0. The molecule has 0 saturated carbocycles. The Balaban J connectivity index is 4.75. The van der Waals surface area contributed by atoms with Crippen molar-refractivity contribution in [2.45, 2.75) is 65.7 Å². The van der Waals surface area contributed by atoms with Crippen LogP contribution >= 0.6 is 15.8 Å². The lowest BCUT2D eigenvalue weighted by Gasteiger charge is -2.31. The summed E-state index contributed by atoms with van der Waals surface area (Å²) in [4.78, 5) is 0. The molecule has 0 N–H and O–H groups in total. The minimum atomic E-state index is -0.205. The van der Waals surface area contributed by atoms with Crippen molar-refractivity contribution in [2.24, 2.45) is 0 Å². The Kier molecular flexibility index (Phi) is 7.53. The van der Waals surface area contributed by atoms with Crippen molar-refractivity contribution in [3.63, 3.8) is 0 Å². The summed E-state index contributed by atoms with van der Waals surface area (Å²) in [6.07, 6.45) is 2.47. The zero-order valence-electron chi connectivity index (χ0n) is 13.3. The SMILES string of the molecule is CC#CP(CCP(C#CC)C(C)(C)C)C(C)(C)C. The Labute approximate surface area is 117 Å². The molecule has 0 aliphatic carbocycles. The fourth-order valence-corrected chi connectivity index (χ4v) is 5.96. The first kappa shape index (κ1) is 18.0. The summed E-state index contributed by atoms with van der Waals surface area (Å²) in [5.74, 6) is 6.24. The Morgan fingerprint density at radius 3 is 1.11 bits per heavy atom. The van der Waals surface area contributed by atoms with Gasteiger partial charge in [-0.2, -0.15) is 0 Å². The second kappa shape index (κ2) is 7.54. The van der Waals surface area contributed by atoms with Gasteiger partial charge in [-0.3, -0.25) is 0 Å². The first-order valence-electron chi connectivity index (χ1n) is 6.53. The highest BCUT2D eigenvalue weighted by Gasteiger charge is 2.27. The topological polar surface area (TPSA) is 0 Å². The predicted molar refractivity (Wildman–Crippen MR) is 90.0 cm³/mol. The highest BCUT2D eigenvalue weighted by Crippen LogP contribution is 2.54. The van der Waals surface area contributed by atoms with Gasteiger partial charge < -0.3 is 0 Å². The maximum absolute atomic E-state index is 3.45. The average molecular weight is 282 g/mol. The highest BCUT2D eigenvalue weighted by atomic mass is 31.1. The summed E-state index contributed by atoms with van der Waals surface area (Å²) >= 11 is 0. The van der Waals surface area contributed by atoms with Crippen molar-refractivity contribution in [1.29, 1.82) is 0 Å². The molecule has 0 aromatic heterocycles. The molecule has 102 valence electrons. The standard InChI is InChI=1S/C16H28P2/c1-9-11-17(15(3,4)5)13-14-18(12-10-2)16(6,7)8/h13-14H2,1-8H3. The van der Waals surface area contributed by atoms with Crippen molar-refractivity contribution in [2.75, 3.05) is 12.3 Å². The minimum Gasteiger partial charge on any atom is -0.102 e. The first-order valence-corrected chi connectivity index (χ1v) is 9.58. The Hall–Kier alpha value is -0.0200. The third-order valence-electron chi connectivity index (χ3n) is 2.66. The van der Waals surface area contributed by atoms with E-state index in [2.05, 4.69) is 64.7 Å². The zero-order valence-corrected chi connectivity index (χ0v) is 15.1. The zero-order chi connectivity index (χ0) is 14.4. The van der Waals surface area contributed by atoms with Crippen LogP contribution in [-0.2, 0) is 0 Å². The number of hydrogen-bond donors (Lipinski definition) is 0. The van der Waals surface area contributed by atoms with Crippen LogP contribution in [0.2, 0.25) is 0 Å². The summed E-state index contributed by atoms with van der Waals surface area (Å²) in [6, 6.07) is 0. The maximum Gasteiger partial charge on any atom is -0.00236 e. The monoisotopic (exact) mass is 282 g/mol. The van der Waals surface area contributed by atoms with E-state index in [0.29, 0.717) is 10.3 Å². The van der Waals surface area contributed by atoms with Gasteiger partial charge in [0.05, 0.1) is 0 Å². The first-order chi connectivity index (χ1) is 8.12. The van der Waals surface area contributed by atoms with Gasteiger partial charge in [-0.05, 0) is 52.3 Å². The largest absolute Gasteiger partial charge is 0.102 e. The van der Waals surface area contributed by atoms with E-state index in [1.54, 1.807) is 0 Å². The third-order valence-corrected chi connectivity index (χ3v) is 8.58. The van der Waals surface area contributed by atoms with Gasteiger partial charge in [0.15, 0.2) is 0 Å². The summed E-state index contributed by atoms with van der Waals surface area (Å²) in [5.41, 5.74) is 6.90. The van der Waals surface area contributed by atoms with E-state index in [0.717, 1.165) is 0 Å². The molecule has 0 heterocycles. The predicted octanol–water partition coefficient (Wildman–Crippen LogP) is 5.51. The van der Waals surface area contributed by atoms with Crippen LogP contribution in [0.4, 0.5) is 0 Å². The lowest BCUT2D eigenvalue weighted by Crippen LogP contribution is -2.17. The quantitative estimate of drug-likeness (QED) is 0.473. The van der Waals surface area contributed by atoms with Crippen LogP contribution in [-0.4, -0.2) is 22.6 Å². The molecule has 0 aromatic rings. The van der Waals surface area contributed by atoms with Crippen molar-refractivity contribution in [3.8, 4) is 23.2 Å². The molecule has 0 aliphatic heterocycles. The van der Waals surface area contributed by atoms with E-state index >= 15 is 0 Å². The van der Waals surface area contributed by atoms with Gasteiger partial charge in [0.2, 0.25) is 0 Å². The van der Waals surface area contributed by atoms with Crippen LogP contribution < -0.4 is 0 Å². The van der Waals surface area contributed by atoms with E-state index in [1.165, 1.54) is 12.3 Å². The Morgan fingerprint density at radius 2 is 0.944 bits per heavy atom. The van der Waals surface area contributed by atoms with Crippen LogP contribution in [0, 0.1) is 23.2 Å². The molecule has 0 bridgehead atoms. The Morgan fingerprint density at radius 1 is 0.667 bits per heavy atom. The van der Waals surface area contributed by atoms with Gasteiger partial charge in [0, 0.05) is 0 Å². The van der Waals surface area contributed by atoms with Gasteiger partial charge in [0.1, 0.15) is 0 Å². The van der Waals surface area contributed by atoms with Gasteiger partial charge in [0.25, 0.3) is 0 Å². The van der Waals surface area contributed by atoms with Gasteiger partial charge in [-0.25, -0.2) is 0 Å². The molecule has 0 saturated heterocycles. The van der Waals surface area contributed by atoms with E-state index in [-0.39, 0.29) is 15.8 Å².